The Hall–Kier alpha value is -1.94. The fourth-order valence-corrected chi connectivity index (χ4v) is 5.55. The normalized spacial score (nSPS) is 23.8. The number of hydrogen-bond donors (Lipinski definition) is 0. The number of hydrogen-bond acceptors (Lipinski definition) is 6. The van der Waals surface area contributed by atoms with Crippen LogP contribution in [0, 0.1) is 0 Å². The number of anilines is 1. The van der Waals surface area contributed by atoms with Crippen LogP contribution in [0.4, 0.5) is 19.0 Å². The van der Waals surface area contributed by atoms with Crippen molar-refractivity contribution < 1.29 is 21.6 Å². The lowest BCUT2D eigenvalue weighted by Crippen LogP contribution is -2.51. The van der Waals surface area contributed by atoms with Crippen LogP contribution in [0.2, 0.25) is 0 Å². The zero-order chi connectivity index (χ0) is 19.2. The third-order valence-electron chi connectivity index (χ3n) is 5.18. The van der Waals surface area contributed by atoms with Crippen LogP contribution in [0.25, 0.3) is 10.9 Å². The van der Waals surface area contributed by atoms with E-state index in [0.717, 1.165) is 0 Å². The van der Waals surface area contributed by atoms with Gasteiger partial charge in [-0.1, -0.05) is 12.1 Å². The number of para-hydroxylation sites is 1. The third-order valence-corrected chi connectivity index (χ3v) is 6.93. The average molecular weight is 400 g/mol. The van der Waals surface area contributed by atoms with E-state index in [0.29, 0.717) is 38.0 Å². The number of halogens is 3. The van der Waals surface area contributed by atoms with Gasteiger partial charge in [0.1, 0.15) is 5.82 Å². The van der Waals surface area contributed by atoms with Crippen LogP contribution in [0.1, 0.15) is 12.2 Å². The second kappa shape index (κ2) is 6.59. The molecule has 0 aliphatic carbocycles. The van der Waals surface area contributed by atoms with Gasteiger partial charge in [0.15, 0.2) is 9.84 Å². The van der Waals surface area contributed by atoms with Gasteiger partial charge in [-0.15, -0.1) is 0 Å². The van der Waals surface area contributed by atoms with Gasteiger partial charge in [0, 0.05) is 37.6 Å². The highest BCUT2D eigenvalue weighted by Gasteiger charge is 2.37. The van der Waals surface area contributed by atoms with E-state index in [2.05, 4.69) is 14.9 Å². The summed E-state index contributed by atoms with van der Waals surface area (Å²) in [6.45, 7) is 2.18. The van der Waals surface area contributed by atoms with Crippen LogP contribution in [0.3, 0.4) is 0 Å². The van der Waals surface area contributed by atoms with Crippen molar-refractivity contribution in [2.75, 3.05) is 42.6 Å². The van der Waals surface area contributed by atoms with Crippen molar-refractivity contribution in [1.29, 1.82) is 0 Å². The molecular weight excluding hydrogens is 381 g/mol. The average Bonchev–Trinajstić information content (AvgIpc) is 3.00. The van der Waals surface area contributed by atoms with Crippen LogP contribution in [0.15, 0.2) is 24.3 Å². The van der Waals surface area contributed by atoms with E-state index >= 15 is 0 Å². The Morgan fingerprint density at radius 3 is 2.37 bits per heavy atom. The van der Waals surface area contributed by atoms with Crippen molar-refractivity contribution in [3.63, 3.8) is 0 Å². The van der Waals surface area contributed by atoms with E-state index in [-0.39, 0.29) is 28.9 Å². The maximum Gasteiger partial charge on any atom is 0.451 e. The van der Waals surface area contributed by atoms with Gasteiger partial charge in [-0.25, -0.2) is 18.4 Å². The highest BCUT2D eigenvalue weighted by Crippen LogP contribution is 2.32. The Kier molecular flexibility index (Phi) is 4.50. The highest BCUT2D eigenvalue weighted by molar-refractivity contribution is 7.91. The number of fused-ring (bicyclic) bond motifs is 1. The van der Waals surface area contributed by atoms with Crippen LogP contribution in [-0.2, 0) is 16.0 Å². The molecule has 3 heterocycles. The lowest BCUT2D eigenvalue weighted by atomic mass is 10.1. The quantitative estimate of drug-likeness (QED) is 0.768. The minimum atomic E-state index is -4.61. The fourth-order valence-electron chi connectivity index (χ4n) is 3.79. The Morgan fingerprint density at radius 2 is 1.74 bits per heavy atom. The number of piperazine rings is 1. The first-order chi connectivity index (χ1) is 12.7. The number of alkyl halides is 3. The lowest BCUT2D eigenvalue weighted by molar-refractivity contribution is -0.144. The van der Waals surface area contributed by atoms with Gasteiger partial charge in [-0.05, 0) is 18.6 Å². The molecule has 6 nitrogen and oxygen atoms in total. The molecule has 0 radical (unpaired) electrons. The van der Waals surface area contributed by atoms with Gasteiger partial charge in [0.25, 0.3) is 0 Å². The van der Waals surface area contributed by atoms with Gasteiger partial charge >= 0.3 is 6.18 Å². The van der Waals surface area contributed by atoms with Gasteiger partial charge in [-0.3, -0.25) is 4.90 Å². The molecule has 2 aliphatic heterocycles. The van der Waals surface area contributed by atoms with Gasteiger partial charge in [0.05, 0.1) is 17.0 Å². The van der Waals surface area contributed by atoms with E-state index in [1.54, 1.807) is 24.3 Å². The molecular formula is C17H19F3N4O2S. The predicted octanol–water partition coefficient (Wildman–Crippen LogP) is 1.96. The summed E-state index contributed by atoms with van der Waals surface area (Å²) in [5.41, 5.74) is 0.263. The minimum absolute atomic E-state index is 0.00466. The molecule has 10 heteroatoms. The topological polar surface area (TPSA) is 66.4 Å². The molecule has 2 aromatic rings. The van der Waals surface area contributed by atoms with Crippen molar-refractivity contribution in [3.8, 4) is 0 Å². The SMILES string of the molecule is O=S1(=O)CCC(N2CCN(c3nc(C(F)(F)F)nc4ccccc34)CC2)C1. The fraction of sp³-hybridized carbons (Fsp3) is 0.529. The summed E-state index contributed by atoms with van der Waals surface area (Å²) in [7, 11) is -2.96. The molecule has 0 spiro atoms. The lowest BCUT2D eigenvalue weighted by Gasteiger charge is -2.38. The number of sulfone groups is 1. The summed E-state index contributed by atoms with van der Waals surface area (Å²) in [4.78, 5) is 11.4. The largest absolute Gasteiger partial charge is 0.451 e. The summed E-state index contributed by atoms with van der Waals surface area (Å²) in [5, 5.41) is 0.586. The summed E-state index contributed by atoms with van der Waals surface area (Å²) >= 11 is 0. The Balaban J connectivity index is 1.58. The zero-order valence-electron chi connectivity index (χ0n) is 14.5. The van der Waals surface area contributed by atoms with Crippen LogP contribution < -0.4 is 4.90 Å². The first-order valence-electron chi connectivity index (χ1n) is 8.76. The maximum atomic E-state index is 13.2. The van der Waals surface area contributed by atoms with Crippen LogP contribution >= 0.6 is 0 Å². The molecule has 1 unspecified atom stereocenters. The van der Waals surface area contributed by atoms with Crippen molar-refractivity contribution in [2.24, 2.45) is 0 Å². The number of aromatic nitrogens is 2. The first kappa shape index (κ1) is 18.4. The van der Waals surface area contributed by atoms with Crippen molar-refractivity contribution in [1.82, 2.24) is 14.9 Å². The van der Waals surface area contributed by atoms with Crippen LogP contribution in [-0.4, -0.2) is 67.0 Å². The molecule has 1 aromatic carbocycles. The molecule has 1 atom stereocenters. The molecule has 27 heavy (non-hydrogen) atoms. The summed E-state index contributed by atoms with van der Waals surface area (Å²) < 4.78 is 63.0. The first-order valence-corrected chi connectivity index (χ1v) is 10.6. The molecule has 2 fully saturated rings. The second-order valence-corrected chi connectivity index (χ2v) is 9.19. The molecule has 146 valence electrons. The third kappa shape index (κ3) is 3.73. The number of benzene rings is 1. The predicted molar refractivity (Wildman–Crippen MR) is 95.4 cm³/mol. The Bertz CT molecular complexity index is 956. The van der Waals surface area contributed by atoms with Gasteiger partial charge < -0.3 is 4.90 Å². The maximum absolute atomic E-state index is 13.2. The van der Waals surface area contributed by atoms with E-state index in [1.165, 1.54) is 0 Å². The zero-order valence-corrected chi connectivity index (χ0v) is 15.3. The molecule has 0 saturated carbocycles. The highest BCUT2D eigenvalue weighted by atomic mass is 32.2. The molecule has 0 N–H and O–H groups in total. The van der Waals surface area contributed by atoms with Crippen molar-refractivity contribution in [3.05, 3.63) is 30.1 Å². The molecule has 0 amide bonds. The standard InChI is InChI=1S/C17H19F3N4O2S/c18-17(19,20)16-21-14-4-2-1-3-13(14)15(22-16)24-8-6-23(7-9-24)12-5-10-27(25,26)11-12/h1-4,12H,5-11H2. The van der Waals surface area contributed by atoms with E-state index in [1.807, 2.05) is 4.90 Å². The Labute approximate surface area is 154 Å². The number of nitrogens with zero attached hydrogens (tertiary/aromatic N) is 4. The smallest absolute Gasteiger partial charge is 0.353 e. The number of rotatable bonds is 2. The van der Waals surface area contributed by atoms with Crippen molar-refractivity contribution >= 4 is 26.6 Å². The molecule has 1 aromatic heterocycles. The van der Waals surface area contributed by atoms with Crippen molar-refractivity contribution in [2.45, 2.75) is 18.6 Å². The summed E-state index contributed by atoms with van der Waals surface area (Å²) in [6.07, 6.45) is -3.99. The summed E-state index contributed by atoms with van der Waals surface area (Å²) in [5.74, 6) is -0.475. The minimum Gasteiger partial charge on any atom is -0.353 e. The molecule has 2 aliphatic rings. The second-order valence-electron chi connectivity index (χ2n) is 6.97. The van der Waals surface area contributed by atoms with E-state index < -0.39 is 21.8 Å². The van der Waals surface area contributed by atoms with Gasteiger partial charge in [0.2, 0.25) is 5.82 Å². The Morgan fingerprint density at radius 1 is 1.04 bits per heavy atom. The van der Waals surface area contributed by atoms with E-state index in [4.69, 9.17) is 0 Å². The van der Waals surface area contributed by atoms with E-state index in [9.17, 15) is 21.6 Å². The molecule has 2 saturated heterocycles. The molecule has 4 rings (SSSR count). The van der Waals surface area contributed by atoms with Gasteiger partial charge in [-0.2, -0.15) is 13.2 Å². The van der Waals surface area contributed by atoms with Crippen LogP contribution in [0.5, 0.6) is 0 Å². The molecule has 0 bridgehead atoms. The monoisotopic (exact) mass is 400 g/mol. The summed E-state index contributed by atoms with van der Waals surface area (Å²) in [6, 6.07) is 6.68.